The molecule has 1 aliphatic heterocycles. The topological polar surface area (TPSA) is 70.1 Å². The van der Waals surface area contributed by atoms with Crippen LogP contribution in [0.15, 0.2) is 0 Å². The number of hydrogen-bond acceptors (Lipinski definition) is 3. The number of nitrogens with zero attached hydrogens (tertiary/aromatic N) is 2. The molecule has 2 N–H and O–H groups in total. The van der Waals surface area contributed by atoms with Gasteiger partial charge in [0.25, 0.3) is 0 Å². The Kier molecular flexibility index (Phi) is 3.29. The van der Waals surface area contributed by atoms with E-state index in [1.807, 2.05) is 4.90 Å². The number of nitrogens with two attached hydrogens (primary N) is 1. The second-order valence-corrected chi connectivity index (χ2v) is 7.26. The molecule has 2 aliphatic carbocycles. The highest BCUT2D eigenvalue weighted by atomic mass is 16.2. The van der Waals surface area contributed by atoms with E-state index in [1.54, 1.807) is 0 Å². The molecule has 20 heavy (non-hydrogen) atoms. The van der Waals surface area contributed by atoms with Crippen LogP contribution in [-0.2, 0) is 4.79 Å². The van der Waals surface area contributed by atoms with Gasteiger partial charge in [0, 0.05) is 6.04 Å². The molecule has 3 unspecified atom stereocenters. The van der Waals surface area contributed by atoms with Crippen LogP contribution in [0, 0.1) is 28.6 Å². The monoisotopic (exact) mass is 275 g/mol. The van der Waals surface area contributed by atoms with Crippen molar-refractivity contribution in [3.63, 3.8) is 0 Å². The lowest BCUT2D eigenvalue weighted by Crippen LogP contribution is -2.56. The molecule has 0 aromatic carbocycles. The van der Waals surface area contributed by atoms with Gasteiger partial charge < -0.3 is 10.6 Å². The fourth-order valence-electron chi connectivity index (χ4n) is 4.58. The van der Waals surface area contributed by atoms with E-state index in [0.29, 0.717) is 17.9 Å². The van der Waals surface area contributed by atoms with Crippen LogP contribution in [0.5, 0.6) is 0 Å². The molecule has 0 spiro atoms. The zero-order valence-electron chi connectivity index (χ0n) is 12.5. The molecule has 110 valence electrons. The first kappa shape index (κ1) is 13.9. The zero-order valence-corrected chi connectivity index (χ0v) is 12.5. The quantitative estimate of drug-likeness (QED) is 0.857. The molecule has 1 amide bonds. The molecule has 2 saturated carbocycles. The van der Waals surface area contributed by atoms with E-state index < -0.39 is 6.04 Å². The highest BCUT2D eigenvalue weighted by Gasteiger charge is 2.57. The molecule has 3 aliphatic rings. The highest BCUT2D eigenvalue weighted by Crippen LogP contribution is 2.51. The number of amides is 1. The summed E-state index contributed by atoms with van der Waals surface area (Å²) in [5, 5.41) is 9.26. The molecule has 0 radical (unpaired) electrons. The molecule has 4 nitrogen and oxygen atoms in total. The number of nitriles is 1. The van der Waals surface area contributed by atoms with Gasteiger partial charge in [-0.3, -0.25) is 4.79 Å². The van der Waals surface area contributed by atoms with Crippen molar-refractivity contribution in [2.45, 2.75) is 70.5 Å². The Bertz CT molecular complexity index is 447. The molecule has 3 fully saturated rings. The standard InChI is InChI=1S/C16H25N3O/c1-10(2)16(5-3-4-6-16)14(18)15(20)19-12(9-17)7-11-8-13(11)19/h10-14H,3-8,18H2,1-2H3/t11?,12?,13?,14-/m1/s1. The van der Waals surface area contributed by atoms with Crippen LogP contribution in [0.25, 0.3) is 0 Å². The van der Waals surface area contributed by atoms with E-state index in [2.05, 4.69) is 19.9 Å². The van der Waals surface area contributed by atoms with Crippen LogP contribution in [0.4, 0.5) is 0 Å². The van der Waals surface area contributed by atoms with Crippen molar-refractivity contribution in [3.05, 3.63) is 0 Å². The van der Waals surface area contributed by atoms with Gasteiger partial charge in [0.2, 0.25) is 5.91 Å². The Morgan fingerprint density at radius 2 is 2.00 bits per heavy atom. The molecule has 0 aromatic rings. The molecule has 0 aromatic heterocycles. The predicted octanol–water partition coefficient (Wildman–Crippen LogP) is 2.04. The van der Waals surface area contributed by atoms with E-state index in [1.165, 1.54) is 12.8 Å². The van der Waals surface area contributed by atoms with E-state index in [-0.39, 0.29) is 17.4 Å². The summed E-state index contributed by atoms with van der Waals surface area (Å²) in [6.45, 7) is 4.37. The number of likely N-dealkylation sites (tertiary alicyclic amines) is 1. The molecule has 3 rings (SSSR count). The van der Waals surface area contributed by atoms with E-state index in [4.69, 9.17) is 5.73 Å². The van der Waals surface area contributed by atoms with Gasteiger partial charge in [-0.25, -0.2) is 0 Å². The lowest BCUT2D eigenvalue weighted by molar-refractivity contribution is -0.137. The van der Waals surface area contributed by atoms with Crippen molar-refractivity contribution in [2.75, 3.05) is 0 Å². The normalized spacial score (nSPS) is 35.8. The summed E-state index contributed by atoms with van der Waals surface area (Å²) in [7, 11) is 0. The van der Waals surface area contributed by atoms with Gasteiger partial charge in [-0.2, -0.15) is 5.26 Å². The van der Waals surface area contributed by atoms with E-state index in [9.17, 15) is 10.1 Å². The van der Waals surface area contributed by atoms with Gasteiger partial charge in [0.05, 0.1) is 12.1 Å². The number of rotatable bonds is 3. The number of fused-ring (bicyclic) bond motifs is 1. The number of carbonyl (C=O) groups excluding carboxylic acids is 1. The molecular weight excluding hydrogens is 250 g/mol. The Morgan fingerprint density at radius 3 is 2.55 bits per heavy atom. The number of carbonyl (C=O) groups is 1. The first-order chi connectivity index (χ1) is 9.51. The maximum Gasteiger partial charge on any atom is 0.241 e. The summed E-state index contributed by atoms with van der Waals surface area (Å²) < 4.78 is 0. The van der Waals surface area contributed by atoms with Crippen molar-refractivity contribution in [2.24, 2.45) is 23.0 Å². The Hall–Kier alpha value is -1.08. The molecular formula is C16H25N3O. The summed E-state index contributed by atoms with van der Waals surface area (Å²) in [4.78, 5) is 14.7. The second-order valence-electron chi connectivity index (χ2n) is 7.26. The lowest BCUT2D eigenvalue weighted by Gasteiger charge is -2.40. The molecule has 1 saturated heterocycles. The van der Waals surface area contributed by atoms with Crippen molar-refractivity contribution in [3.8, 4) is 6.07 Å². The van der Waals surface area contributed by atoms with Crippen molar-refractivity contribution >= 4 is 5.91 Å². The fraction of sp³-hybridized carbons (Fsp3) is 0.875. The molecule has 0 bridgehead atoms. The van der Waals surface area contributed by atoms with Gasteiger partial charge in [-0.1, -0.05) is 26.7 Å². The summed E-state index contributed by atoms with van der Waals surface area (Å²) in [6.07, 6.45) is 6.38. The van der Waals surface area contributed by atoms with Gasteiger partial charge in [-0.05, 0) is 42.9 Å². The van der Waals surface area contributed by atoms with E-state index >= 15 is 0 Å². The van der Waals surface area contributed by atoms with Crippen LogP contribution < -0.4 is 5.73 Å². The summed E-state index contributed by atoms with van der Waals surface area (Å²) >= 11 is 0. The smallest absolute Gasteiger partial charge is 0.241 e. The first-order valence-electron chi connectivity index (χ1n) is 7.98. The maximum absolute atomic E-state index is 12.9. The third-order valence-electron chi connectivity index (χ3n) is 6.08. The largest absolute Gasteiger partial charge is 0.322 e. The van der Waals surface area contributed by atoms with Crippen molar-refractivity contribution < 1.29 is 4.79 Å². The van der Waals surface area contributed by atoms with Crippen LogP contribution in [0.1, 0.15) is 52.4 Å². The molecule has 1 heterocycles. The third kappa shape index (κ3) is 1.87. The minimum Gasteiger partial charge on any atom is -0.322 e. The first-order valence-corrected chi connectivity index (χ1v) is 7.98. The predicted molar refractivity (Wildman–Crippen MR) is 76.5 cm³/mol. The molecule has 4 atom stereocenters. The zero-order chi connectivity index (χ0) is 14.5. The number of piperidine rings is 1. The third-order valence-corrected chi connectivity index (χ3v) is 6.08. The Labute approximate surface area is 121 Å². The van der Waals surface area contributed by atoms with Crippen molar-refractivity contribution in [1.29, 1.82) is 5.26 Å². The minimum atomic E-state index is -0.430. The van der Waals surface area contributed by atoms with Gasteiger partial charge in [0.1, 0.15) is 6.04 Å². The van der Waals surface area contributed by atoms with Crippen LogP contribution in [0.3, 0.4) is 0 Å². The maximum atomic E-state index is 12.9. The molecule has 4 heteroatoms. The van der Waals surface area contributed by atoms with Crippen LogP contribution in [-0.4, -0.2) is 28.9 Å². The fourth-order valence-corrected chi connectivity index (χ4v) is 4.58. The SMILES string of the molecule is CC(C)C1([C@H](N)C(=O)N2C(C#N)CC3CC32)CCCC1. The number of hydrogen-bond donors (Lipinski definition) is 1. The minimum absolute atomic E-state index is 0.0390. The van der Waals surface area contributed by atoms with Crippen LogP contribution in [0.2, 0.25) is 0 Å². The Balaban J connectivity index is 1.81. The second kappa shape index (κ2) is 4.73. The lowest BCUT2D eigenvalue weighted by atomic mass is 9.69. The summed E-state index contributed by atoms with van der Waals surface area (Å²) in [5.74, 6) is 1.02. The van der Waals surface area contributed by atoms with E-state index in [0.717, 1.165) is 25.7 Å². The van der Waals surface area contributed by atoms with Crippen LogP contribution >= 0.6 is 0 Å². The van der Waals surface area contributed by atoms with Crippen molar-refractivity contribution in [1.82, 2.24) is 4.90 Å². The Morgan fingerprint density at radius 1 is 1.35 bits per heavy atom. The van der Waals surface area contributed by atoms with Gasteiger partial charge in [0.15, 0.2) is 0 Å². The highest BCUT2D eigenvalue weighted by molar-refractivity contribution is 5.84. The summed E-state index contributed by atoms with van der Waals surface area (Å²) in [6, 6.07) is 1.94. The summed E-state index contributed by atoms with van der Waals surface area (Å²) in [5.41, 5.74) is 6.38. The van der Waals surface area contributed by atoms with Gasteiger partial charge >= 0.3 is 0 Å². The average Bonchev–Trinajstić information content (AvgIpc) is 2.91. The average molecular weight is 275 g/mol. The van der Waals surface area contributed by atoms with Gasteiger partial charge in [-0.15, -0.1) is 0 Å².